The Morgan fingerprint density at radius 2 is 1.74 bits per heavy atom. The Labute approximate surface area is 252 Å². The second-order valence-corrected chi connectivity index (χ2v) is 12.0. The van der Waals surface area contributed by atoms with Crippen molar-refractivity contribution in [3.05, 3.63) is 118 Å². The van der Waals surface area contributed by atoms with Gasteiger partial charge in [0.15, 0.2) is 5.13 Å². The third-order valence-corrected chi connectivity index (χ3v) is 8.25. The minimum Gasteiger partial charge on any atom is -0.445 e. The fourth-order valence-electron chi connectivity index (χ4n) is 5.29. The molecule has 0 radical (unpaired) electrons. The smallest absolute Gasteiger partial charge is 0.408 e. The second kappa shape index (κ2) is 11.7. The second-order valence-electron chi connectivity index (χ2n) is 11.1. The topological polar surface area (TPSA) is 114 Å². The number of carbonyl (C=O) groups is 3. The lowest BCUT2D eigenvalue weighted by atomic mass is 10.0. The van der Waals surface area contributed by atoms with Crippen LogP contribution < -0.4 is 16.0 Å². The summed E-state index contributed by atoms with van der Waals surface area (Å²) in [7, 11) is 0. The number of nitrogens with one attached hydrogen (secondary N) is 3. The monoisotopic (exact) mass is 593 g/mol. The predicted molar refractivity (Wildman–Crippen MR) is 166 cm³/mol. The van der Waals surface area contributed by atoms with Crippen molar-refractivity contribution in [3.63, 3.8) is 0 Å². The van der Waals surface area contributed by atoms with Crippen molar-refractivity contribution in [3.8, 4) is 0 Å². The maximum Gasteiger partial charge on any atom is 0.408 e. The van der Waals surface area contributed by atoms with E-state index in [2.05, 4.69) is 34.8 Å². The van der Waals surface area contributed by atoms with Crippen LogP contribution in [0, 0.1) is 0 Å². The summed E-state index contributed by atoms with van der Waals surface area (Å²) in [5.41, 5.74) is 4.04. The van der Waals surface area contributed by atoms with E-state index in [0.29, 0.717) is 35.0 Å². The average Bonchev–Trinajstić information content (AvgIpc) is 3.64. The van der Waals surface area contributed by atoms with E-state index in [1.54, 1.807) is 6.07 Å². The molecule has 9 nitrogen and oxygen atoms in total. The van der Waals surface area contributed by atoms with E-state index in [-0.39, 0.29) is 24.0 Å². The standard InChI is InChI=1S/C33H31N5O4S/c1-33(2)20-34-30(40)28-16-23-13-14-24(17-27(23)38(28)33)29(39)37-31-35-26(19-43-31)25(15-21-9-5-3-6-10-21)36-32(41)42-18-22-11-7-4-8-12-22/h3-14,16-17,19,25H,15,18,20H2,1-2H3,(H,34,40)(H,36,41)(H,35,37,39)/t25-/m0/s1. The summed E-state index contributed by atoms with van der Waals surface area (Å²) in [6.07, 6.45) is -0.0543. The summed E-state index contributed by atoms with van der Waals surface area (Å²) in [6, 6.07) is 26.1. The lowest BCUT2D eigenvalue weighted by molar-refractivity contribution is 0.0891. The molecule has 0 aliphatic carbocycles. The maximum absolute atomic E-state index is 13.3. The zero-order chi connectivity index (χ0) is 30.0. The third-order valence-electron chi connectivity index (χ3n) is 7.47. The largest absolute Gasteiger partial charge is 0.445 e. The summed E-state index contributed by atoms with van der Waals surface area (Å²) >= 11 is 1.28. The van der Waals surface area contributed by atoms with Crippen LogP contribution >= 0.6 is 11.3 Å². The van der Waals surface area contributed by atoms with E-state index in [0.717, 1.165) is 22.0 Å². The van der Waals surface area contributed by atoms with Gasteiger partial charge in [-0.2, -0.15) is 0 Å². The van der Waals surface area contributed by atoms with Crippen molar-refractivity contribution < 1.29 is 19.1 Å². The number of fused-ring (bicyclic) bond motifs is 3. The minimum absolute atomic E-state index is 0.126. The number of alkyl carbamates (subject to hydrolysis) is 1. The highest BCUT2D eigenvalue weighted by atomic mass is 32.1. The Morgan fingerprint density at radius 3 is 2.49 bits per heavy atom. The van der Waals surface area contributed by atoms with Crippen LogP contribution in [0.5, 0.6) is 0 Å². The summed E-state index contributed by atoms with van der Waals surface area (Å²) in [4.78, 5) is 43.2. The highest BCUT2D eigenvalue weighted by molar-refractivity contribution is 7.14. The van der Waals surface area contributed by atoms with E-state index in [1.807, 2.05) is 88.8 Å². The summed E-state index contributed by atoms with van der Waals surface area (Å²) in [5, 5.41) is 11.9. The molecule has 0 saturated carbocycles. The van der Waals surface area contributed by atoms with Gasteiger partial charge in [-0.3, -0.25) is 14.9 Å². The van der Waals surface area contributed by atoms with E-state index >= 15 is 0 Å². The number of carbonyl (C=O) groups excluding carboxylic acids is 3. The van der Waals surface area contributed by atoms with Crippen LogP contribution in [0.2, 0.25) is 0 Å². The molecule has 6 rings (SSSR count). The highest BCUT2D eigenvalue weighted by Crippen LogP contribution is 2.31. The molecule has 0 unspecified atom stereocenters. The summed E-state index contributed by atoms with van der Waals surface area (Å²) in [5.74, 6) is -0.439. The first kappa shape index (κ1) is 28.2. The molecule has 3 heterocycles. The fourth-order valence-corrected chi connectivity index (χ4v) is 6.05. The number of nitrogens with zero attached hydrogens (tertiary/aromatic N) is 2. The average molecular weight is 594 g/mol. The molecule has 1 aliphatic rings. The van der Waals surface area contributed by atoms with Crippen LogP contribution in [-0.2, 0) is 23.3 Å². The summed E-state index contributed by atoms with van der Waals surface area (Å²) in [6.45, 7) is 4.76. The van der Waals surface area contributed by atoms with Crippen molar-refractivity contribution >= 4 is 45.3 Å². The van der Waals surface area contributed by atoms with Gasteiger partial charge in [0.1, 0.15) is 12.3 Å². The molecule has 5 aromatic rings. The molecule has 3 N–H and O–H groups in total. The normalized spacial score (nSPS) is 14.4. The van der Waals surface area contributed by atoms with Crippen molar-refractivity contribution in [2.75, 3.05) is 11.9 Å². The highest BCUT2D eigenvalue weighted by Gasteiger charge is 2.33. The molecule has 0 fully saturated rings. The van der Waals surface area contributed by atoms with Gasteiger partial charge >= 0.3 is 6.09 Å². The number of amides is 3. The van der Waals surface area contributed by atoms with Gasteiger partial charge < -0.3 is 19.9 Å². The zero-order valence-electron chi connectivity index (χ0n) is 23.8. The Kier molecular flexibility index (Phi) is 7.69. The molecule has 2 aromatic heterocycles. The number of ether oxygens (including phenoxy) is 1. The van der Waals surface area contributed by atoms with Gasteiger partial charge in [-0.1, -0.05) is 66.7 Å². The molecular weight excluding hydrogens is 562 g/mol. The first-order chi connectivity index (χ1) is 20.8. The Morgan fingerprint density at radius 1 is 1.02 bits per heavy atom. The first-order valence-corrected chi connectivity index (χ1v) is 14.9. The maximum atomic E-state index is 13.3. The van der Waals surface area contributed by atoms with E-state index in [1.165, 1.54) is 11.3 Å². The van der Waals surface area contributed by atoms with Crippen LogP contribution in [-0.4, -0.2) is 34.0 Å². The van der Waals surface area contributed by atoms with Gasteiger partial charge in [0.25, 0.3) is 11.8 Å². The molecule has 1 atom stereocenters. The molecule has 0 spiro atoms. The number of rotatable bonds is 8. The number of aromatic nitrogens is 2. The van der Waals surface area contributed by atoms with Gasteiger partial charge in [0, 0.05) is 28.4 Å². The molecule has 3 amide bonds. The minimum atomic E-state index is -0.552. The van der Waals surface area contributed by atoms with Crippen LogP contribution in [0.1, 0.15) is 57.6 Å². The quantitative estimate of drug-likeness (QED) is 0.203. The van der Waals surface area contributed by atoms with Crippen LogP contribution in [0.15, 0.2) is 90.3 Å². The van der Waals surface area contributed by atoms with Crippen molar-refractivity contribution in [1.82, 2.24) is 20.2 Å². The molecule has 43 heavy (non-hydrogen) atoms. The molecular formula is C33H31N5O4S. The number of hydrogen-bond acceptors (Lipinski definition) is 6. The van der Waals surface area contributed by atoms with Crippen LogP contribution in [0.4, 0.5) is 9.93 Å². The number of anilines is 1. The van der Waals surface area contributed by atoms with E-state index in [4.69, 9.17) is 4.74 Å². The third kappa shape index (κ3) is 6.14. The molecule has 0 saturated heterocycles. The SMILES string of the molecule is CC1(C)CNC(=O)c2cc3ccc(C(=O)Nc4nc([C@H](Cc5ccccc5)NC(=O)OCc5ccccc5)cs4)cc3n21. The van der Waals surface area contributed by atoms with Crippen LogP contribution in [0.3, 0.4) is 0 Å². The Hall–Kier alpha value is -4.96. The van der Waals surface area contributed by atoms with Gasteiger partial charge in [-0.05, 0) is 49.6 Å². The lowest BCUT2D eigenvalue weighted by Crippen LogP contribution is -2.47. The Balaban J connectivity index is 1.19. The van der Waals surface area contributed by atoms with Crippen molar-refractivity contribution in [1.29, 1.82) is 0 Å². The lowest BCUT2D eigenvalue weighted by Gasteiger charge is -2.34. The summed E-state index contributed by atoms with van der Waals surface area (Å²) < 4.78 is 7.46. The molecule has 1 aliphatic heterocycles. The number of benzene rings is 3. The Bertz CT molecular complexity index is 1800. The predicted octanol–water partition coefficient (Wildman–Crippen LogP) is 6.04. The zero-order valence-corrected chi connectivity index (χ0v) is 24.6. The number of thiazole rings is 1. The first-order valence-electron chi connectivity index (χ1n) is 14.0. The fraction of sp³-hybridized carbons (Fsp3) is 0.212. The van der Waals surface area contributed by atoms with E-state index in [9.17, 15) is 14.4 Å². The molecule has 218 valence electrons. The van der Waals surface area contributed by atoms with Crippen LogP contribution in [0.25, 0.3) is 10.9 Å². The van der Waals surface area contributed by atoms with Gasteiger partial charge in [-0.15, -0.1) is 11.3 Å². The molecule has 10 heteroatoms. The van der Waals surface area contributed by atoms with Crippen molar-refractivity contribution in [2.24, 2.45) is 0 Å². The van der Waals surface area contributed by atoms with Gasteiger partial charge in [0.05, 0.1) is 17.3 Å². The number of hydrogen-bond donors (Lipinski definition) is 3. The van der Waals surface area contributed by atoms with Gasteiger partial charge in [-0.25, -0.2) is 9.78 Å². The molecule has 0 bridgehead atoms. The van der Waals surface area contributed by atoms with Crippen molar-refractivity contribution in [2.45, 2.75) is 38.5 Å². The van der Waals surface area contributed by atoms with E-state index < -0.39 is 12.1 Å². The molecule has 3 aromatic carbocycles. The van der Waals surface area contributed by atoms with Gasteiger partial charge in [0.2, 0.25) is 0 Å².